The van der Waals surface area contributed by atoms with Crippen molar-refractivity contribution >= 4 is 23.2 Å². The van der Waals surface area contributed by atoms with E-state index in [0.29, 0.717) is 10.6 Å². The third-order valence-corrected chi connectivity index (χ3v) is 2.95. The van der Waals surface area contributed by atoms with Gasteiger partial charge >= 0.3 is 0 Å². The molecule has 0 aliphatic rings. The lowest BCUT2D eigenvalue weighted by molar-refractivity contribution is 0.0898. The highest BCUT2D eigenvalue weighted by atomic mass is 35.5. The Balaban J connectivity index is 2.86. The fraction of sp³-hybridized carbons (Fsp3) is 0.417. The summed E-state index contributed by atoms with van der Waals surface area (Å²) in [4.78, 5) is 11.9. The molecular weight excluding hydrogens is 240 g/mol. The SMILES string of the molecule is CC(C)[C@@H](CO)NC(=O)c1cccc(Cl)c1N. The number of halogens is 1. The smallest absolute Gasteiger partial charge is 0.253 e. The summed E-state index contributed by atoms with van der Waals surface area (Å²) in [5.41, 5.74) is 6.31. The Morgan fingerprint density at radius 2 is 2.18 bits per heavy atom. The Bertz CT molecular complexity index is 407. The van der Waals surface area contributed by atoms with E-state index in [0.717, 1.165) is 0 Å². The lowest BCUT2D eigenvalue weighted by Crippen LogP contribution is -2.41. The van der Waals surface area contributed by atoms with Gasteiger partial charge in [0, 0.05) is 0 Å². The third kappa shape index (κ3) is 3.35. The molecule has 0 spiro atoms. The fourth-order valence-electron chi connectivity index (χ4n) is 1.40. The maximum Gasteiger partial charge on any atom is 0.253 e. The van der Waals surface area contributed by atoms with Gasteiger partial charge in [-0.25, -0.2) is 0 Å². The van der Waals surface area contributed by atoms with Gasteiger partial charge in [0.25, 0.3) is 5.91 Å². The minimum absolute atomic E-state index is 0.107. The molecule has 1 rings (SSSR count). The highest BCUT2D eigenvalue weighted by Crippen LogP contribution is 2.22. The summed E-state index contributed by atoms with van der Waals surface area (Å²) in [6.07, 6.45) is 0. The van der Waals surface area contributed by atoms with Crippen LogP contribution >= 0.6 is 11.6 Å². The van der Waals surface area contributed by atoms with Gasteiger partial charge < -0.3 is 16.2 Å². The van der Waals surface area contributed by atoms with E-state index in [1.165, 1.54) is 0 Å². The van der Waals surface area contributed by atoms with E-state index in [-0.39, 0.29) is 30.2 Å². The van der Waals surface area contributed by atoms with E-state index in [1.807, 2.05) is 13.8 Å². The van der Waals surface area contributed by atoms with Crippen molar-refractivity contribution in [2.45, 2.75) is 19.9 Å². The van der Waals surface area contributed by atoms with Gasteiger partial charge in [0.1, 0.15) is 0 Å². The predicted octanol–water partition coefficient (Wildman–Crippen LogP) is 1.67. The first-order valence-corrected chi connectivity index (χ1v) is 5.80. The third-order valence-electron chi connectivity index (χ3n) is 2.62. The maximum atomic E-state index is 11.9. The van der Waals surface area contributed by atoms with Crippen LogP contribution in [-0.2, 0) is 0 Å². The molecule has 0 heterocycles. The maximum absolute atomic E-state index is 11.9. The number of benzene rings is 1. The summed E-state index contributed by atoms with van der Waals surface area (Å²) in [6, 6.07) is 4.60. The Labute approximate surface area is 106 Å². The minimum Gasteiger partial charge on any atom is -0.397 e. The van der Waals surface area contributed by atoms with E-state index in [9.17, 15) is 4.79 Å². The van der Waals surface area contributed by atoms with Crippen LogP contribution < -0.4 is 11.1 Å². The van der Waals surface area contributed by atoms with Crippen molar-refractivity contribution in [2.75, 3.05) is 12.3 Å². The summed E-state index contributed by atoms with van der Waals surface area (Å²) in [6.45, 7) is 3.73. The summed E-state index contributed by atoms with van der Waals surface area (Å²) in [5, 5.41) is 12.2. The van der Waals surface area contributed by atoms with Gasteiger partial charge in [0.2, 0.25) is 0 Å². The van der Waals surface area contributed by atoms with Crippen molar-refractivity contribution < 1.29 is 9.90 Å². The number of amides is 1. The van der Waals surface area contributed by atoms with E-state index in [2.05, 4.69) is 5.32 Å². The number of nitrogens with two attached hydrogens (primary N) is 1. The number of nitrogens with one attached hydrogen (secondary N) is 1. The molecule has 0 unspecified atom stereocenters. The van der Waals surface area contributed by atoms with Crippen molar-refractivity contribution in [3.63, 3.8) is 0 Å². The van der Waals surface area contributed by atoms with Crippen molar-refractivity contribution in [3.05, 3.63) is 28.8 Å². The molecule has 1 amide bonds. The number of aliphatic hydroxyl groups excluding tert-OH is 1. The highest BCUT2D eigenvalue weighted by molar-refractivity contribution is 6.33. The Hall–Kier alpha value is -1.26. The second-order valence-electron chi connectivity index (χ2n) is 4.21. The molecule has 17 heavy (non-hydrogen) atoms. The first-order chi connectivity index (χ1) is 7.97. The number of carbonyl (C=O) groups is 1. The Kier molecular flexibility index (Phi) is 4.78. The van der Waals surface area contributed by atoms with Gasteiger partial charge in [-0.1, -0.05) is 31.5 Å². The van der Waals surface area contributed by atoms with E-state index in [4.69, 9.17) is 22.4 Å². The second kappa shape index (κ2) is 5.89. The van der Waals surface area contributed by atoms with Gasteiger partial charge in [-0.3, -0.25) is 4.79 Å². The zero-order valence-corrected chi connectivity index (χ0v) is 10.7. The van der Waals surface area contributed by atoms with Crippen LogP contribution in [0, 0.1) is 5.92 Å². The fourth-order valence-corrected chi connectivity index (χ4v) is 1.58. The Morgan fingerprint density at radius 3 is 2.71 bits per heavy atom. The van der Waals surface area contributed by atoms with Crippen molar-refractivity contribution in [1.29, 1.82) is 0 Å². The minimum atomic E-state index is -0.322. The van der Waals surface area contributed by atoms with Crippen LogP contribution in [0.1, 0.15) is 24.2 Å². The van der Waals surface area contributed by atoms with Gasteiger partial charge in [-0.2, -0.15) is 0 Å². The molecule has 1 aromatic carbocycles. The second-order valence-corrected chi connectivity index (χ2v) is 4.61. The molecule has 5 heteroatoms. The van der Waals surface area contributed by atoms with E-state index < -0.39 is 0 Å². The quantitative estimate of drug-likeness (QED) is 0.718. The molecule has 94 valence electrons. The molecule has 0 radical (unpaired) electrons. The summed E-state index contributed by atoms with van der Waals surface area (Å²) >= 11 is 5.84. The summed E-state index contributed by atoms with van der Waals surface area (Å²) in [7, 11) is 0. The lowest BCUT2D eigenvalue weighted by Gasteiger charge is -2.20. The van der Waals surface area contributed by atoms with Crippen LogP contribution in [0.25, 0.3) is 0 Å². The molecule has 1 atom stereocenters. The summed E-state index contributed by atoms with van der Waals surface area (Å²) < 4.78 is 0. The van der Waals surface area contributed by atoms with Crippen LogP contribution in [0.15, 0.2) is 18.2 Å². The highest BCUT2D eigenvalue weighted by Gasteiger charge is 2.18. The number of carbonyl (C=O) groups excluding carboxylic acids is 1. The van der Waals surface area contributed by atoms with E-state index in [1.54, 1.807) is 18.2 Å². The predicted molar refractivity (Wildman–Crippen MR) is 69.0 cm³/mol. The van der Waals surface area contributed by atoms with Crippen LogP contribution in [0.2, 0.25) is 5.02 Å². The van der Waals surface area contributed by atoms with E-state index >= 15 is 0 Å². The zero-order chi connectivity index (χ0) is 13.0. The van der Waals surface area contributed by atoms with Gasteiger partial charge in [-0.05, 0) is 18.1 Å². The van der Waals surface area contributed by atoms with Crippen LogP contribution in [0.5, 0.6) is 0 Å². The average molecular weight is 257 g/mol. The normalized spacial score (nSPS) is 12.5. The van der Waals surface area contributed by atoms with Gasteiger partial charge in [-0.15, -0.1) is 0 Å². The van der Waals surface area contributed by atoms with Gasteiger partial charge in [0.05, 0.1) is 28.9 Å². The topological polar surface area (TPSA) is 75.3 Å². The molecule has 0 aliphatic heterocycles. The molecule has 0 aliphatic carbocycles. The molecule has 0 saturated carbocycles. The molecule has 0 bridgehead atoms. The molecule has 0 aromatic heterocycles. The standard InChI is InChI=1S/C12H17ClN2O2/c1-7(2)10(6-16)15-12(17)8-4-3-5-9(13)11(8)14/h3-5,7,10,16H,6,14H2,1-2H3,(H,15,17)/t10-/m1/s1. The van der Waals surface area contributed by atoms with Crippen LogP contribution in [-0.4, -0.2) is 23.7 Å². The number of aliphatic hydroxyl groups is 1. The monoisotopic (exact) mass is 256 g/mol. The first-order valence-electron chi connectivity index (χ1n) is 5.43. The number of rotatable bonds is 4. The van der Waals surface area contributed by atoms with Gasteiger partial charge in [0.15, 0.2) is 0 Å². The first kappa shape index (κ1) is 13.8. The molecular formula is C12H17ClN2O2. The molecule has 0 saturated heterocycles. The van der Waals surface area contributed by atoms with Crippen molar-refractivity contribution in [1.82, 2.24) is 5.32 Å². The number of hydrogen-bond acceptors (Lipinski definition) is 3. The molecule has 1 aromatic rings. The average Bonchev–Trinajstić information content (AvgIpc) is 2.28. The largest absolute Gasteiger partial charge is 0.397 e. The molecule has 4 N–H and O–H groups in total. The zero-order valence-electron chi connectivity index (χ0n) is 9.90. The molecule has 0 fully saturated rings. The number of nitrogen functional groups attached to an aromatic ring is 1. The van der Waals surface area contributed by atoms with Crippen LogP contribution in [0.3, 0.4) is 0 Å². The number of anilines is 1. The van der Waals surface area contributed by atoms with Crippen LogP contribution in [0.4, 0.5) is 5.69 Å². The summed E-state index contributed by atoms with van der Waals surface area (Å²) in [5.74, 6) is -0.179. The number of para-hydroxylation sites is 1. The Morgan fingerprint density at radius 1 is 1.53 bits per heavy atom. The number of hydrogen-bond donors (Lipinski definition) is 3. The van der Waals surface area contributed by atoms with Crippen molar-refractivity contribution in [3.8, 4) is 0 Å². The lowest BCUT2D eigenvalue weighted by atomic mass is 10.0. The molecule has 4 nitrogen and oxygen atoms in total. The van der Waals surface area contributed by atoms with Crippen molar-refractivity contribution in [2.24, 2.45) is 5.92 Å².